The second-order valence-corrected chi connectivity index (χ2v) is 5.72. The van der Waals surface area contributed by atoms with Crippen molar-refractivity contribution in [1.29, 1.82) is 0 Å². The van der Waals surface area contributed by atoms with Gasteiger partial charge in [0.05, 0.1) is 11.5 Å². The topological polar surface area (TPSA) is 40.5 Å². The Balaban J connectivity index is 1.85. The summed E-state index contributed by atoms with van der Waals surface area (Å²) in [5.41, 5.74) is 0.649. The largest absolute Gasteiger partial charge is 0.391 e. The number of hydrogen-bond donors (Lipinski definition) is 1. The van der Waals surface area contributed by atoms with Gasteiger partial charge in [0.25, 0.3) is 0 Å². The van der Waals surface area contributed by atoms with Crippen LogP contribution in [-0.4, -0.2) is 35.1 Å². The van der Waals surface area contributed by atoms with E-state index < -0.39 is 0 Å². The summed E-state index contributed by atoms with van der Waals surface area (Å²) in [7, 11) is 0. The number of carbonyl (C=O) groups excluding carboxylic acids is 1. The molecule has 3 rings (SSSR count). The van der Waals surface area contributed by atoms with Gasteiger partial charge >= 0.3 is 0 Å². The Bertz CT molecular complexity index is 484. The second kappa shape index (κ2) is 4.25. The van der Waals surface area contributed by atoms with Crippen molar-refractivity contribution >= 4 is 17.5 Å². The maximum atomic E-state index is 12.6. The first-order valence-corrected chi connectivity index (χ1v) is 6.73. The molecular weight excluding hydrogens is 250 g/mol. The van der Waals surface area contributed by atoms with Crippen molar-refractivity contribution in [1.82, 2.24) is 4.90 Å². The van der Waals surface area contributed by atoms with Crippen LogP contribution in [0.25, 0.3) is 0 Å². The van der Waals surface area contributed by atoms with Gasteiger partial charge < -0.3 is 10.0 Å². The molecule has 1 aromatic carbocycles. The molecule has 3 nitrogen and oxygen atoms in total. The van der Waals surface area contributed by atoms with E-state index in [1.165, 1.54) is 0 Å². The van der Waals surface area contributed by atoms with Crippen molar-refractivity contribution in [2.75, 3.05) is 13.1 Å². The number of hydrogen-bond acceptors (Lipinski definition) is 2. The number of amides is 1. The van der Waals surface area contributed by atoms with Gasteiger partial charge in [-0.25, -0.2) is 0 Å². The first-order chi connectivity index (χ1) is 8.62. The Morgan fingerprint density at radius 3 is 2.78 bits per heavy atom. The molecule has 1 aromatic rings. The van der Waals surface area contributed by atoms with Crippen molar-refractivity contribution in [3.8, 4) is 0 Å². The summed E-state index contributed by atoms with van der Waals surface area (Å²) in [6, 6.07) is 7.58. The van der Waals surface area contributed by atoms with E-state index in [1.54, 1.807) is 4.90 Å². The average Bonchev–Trinajstić information content (AvgIpc) is 3.06. The van der Waals surface area contributed by atoms with Crippen LogP contribution in [0.4, 0.5) is 0 Å². The van der Waals surface area contributed by atoms with Crippen molar-refractivity contribution in [2.24, 2.45) is 0 Å². The molecule has 1 aliphatic heterocycles. The highest BCUT2D eigenvalue weighted by Gasteiger charge is 2.53. The summed E-state index contributed by atoms with van der Waals surface area (Å²) in [6.45, 7) is 1.14. The summed E-state index contributed by atoms with van der Waals surface area (Å²) >= 11 is 6.00. The van der Waals surface area contributed by atoms with Crippen molar-refractivity contribution in [3.63, 3.8) is 0 Å². The number of carbonyl (C=O) groups is 1. The van der Waals surface area contributed by atoms with E-state index in [0.717, 1.165) is 18.4 Å². The number of rotatable bonds is 2. The van der Waals surface area contributed by atoms with Gasteiger partial charge in [0.2, 0.25) is 5.91 Å². The van der Waals surface area contributed by atoms with Gasteiger partial charge in [-0.15, -0.1) is 0 Å². The van der Waals surface area contributed by atoms with Gasteiger partial charge in [-0.2, -0.15) is 0 Å². The van der Waals surface area contributed by atoms with Crippen molar-refractivity contribution in [2.45, 2.75) is 30.8 Å². The Labute approximate surface area is 111 Å². The van der Waals surface area contributed by atoms with Gasteiger partial charge in [-0.05, 0) is 37.0 Å². The van der Waals surface area contributed by atoms with Crippen LogP contribution >= 0.6 is 11.6 Å². The number of halogens is 1. The molecule has 18 heavy (non-hydrogen) atoms. The Kier molecular flexibility index (Phi) is 2.83. The van der Waals surface area contributed by atoms with E-state index in [0.29, 0.717) is 24.5 Å². The molecule has 0 spiro atoms. The smallest absolute Gasteiger partial charge is 0.233 e. The zero-order valence-corrected chi connectivity index (χ0v) is 10.9. The van der Waals surface area contributed by atoms with Gasteiger partial charge in [0.15, 0.2) is 0 Å². The van der Waals surface area contributed by atoms with Crippen LogP contribution in [-0.2, 0) is 10.2 Å². The standard InChI is InChI=1S/C14H16ClNO2/c15-11-3-1-2-10(8-11)14(5-6-14)13(18)16-7-4-12(17)9-16/h1-3,8,12,17H,4-7,9H2/t12-/m1/s1. The minimum Gasteiger partial charge on any atom is -0.391 e. The third-order valence-corrected chi connectivity index (χ3v) is 4.22. The molecule has 1 atom stereocenters. The van der Waals surface area contributed by atoms with Crippen molar-refractivity contribution < 1.29 is 9.90 Å². The zero-order chi connectivity index (χ0) is 12.8. The minimum atomic E-state index is -0.366. The number of aliphatic hydroxyl groups is 1. The molecule has 1 saturated carbocycles. The normalized spacial score (nSPS) is 25.2. The molecule has 1 saturated heterocycles. The zero-order valence-electron chi connectivity index (χ0n) is 10.1. The van der Waals surface area contributed by atoms with Crippen LogP contribution in [0.15, 0.2) is 24.3 Å². The summed E-state index contributed by atoms with van der Waals surface area (Å²) < 4.78 is 0. The molecule has 96 valence electrons. The number of aliphatic hydroxyl groups excluding tert-OH is 1. The monoisotopic (exact) mass is 265 g/mol. The molecule has 0 radical (unpaired) electrons. The van der Waals surface area contributed by atoms with Gasteiger partial charge in [0.1, 0.15) is 0 Å². The molecule has 0 bridgehead atoms. The second-order valence-electron chi connectivity index (χ2n) is 5.29. The fourth-order valence-electron chi connectivity index (χ4n) is 2.77. The number of benzene rings is 1. The van der Waals surface area contributed by atoms with Crippen LogP contribution in [0.1, 0.15) is 24.8 Å². The Morgan fingerprint density at radius 2 is 2.22 bits per heavy atom. The third kappa shape index (κ3) is 1.91. The third-order valence-electron chi connectivity index (χ3n) is 3.99. The summed E-state index contributed by atoms with van der Waals surface area (Å²) in [4.78, 5) is 14.3. The maximum absolute atomic E-state index is 12.6. The first kappa shape index (κ1) is 12.0. The summed E-state index contributed by atoms with van der Waals surface area (Å²) in [5.74, 6) is 0.154. The predicted molar refractivity (Wildman–Crippen MR) is 69.6 cm³/mol. The Hall–Kier alpha value is -1.06. The molecule has 1 aliphatic carbocycles. The highest BCUT2D eigenvalue weighted by Crippen LogP contribution is 2.50. The molecule has 0 unspecified atom stereocenters. The van der Waals surface area contributed by atoms with Crippen LogP contribution in [0.3, 0.4) is 0 Å². The highest BCUT2D eigenvalue weighted by molar-refractivity contribution is 6.30. The molecule has 1 amide bonds. The Morgan fingerprint density at radius 1 is 1.44 bits per heavy atom. The first-order valence-electron chi connectivity index (χ1n) is 6.35. The molecule has 2 fully saturated rings. The number of likely N-dealkylation sites (tertiary alicyclic amines) is 1. The summed E-state index contributed by atoms with van der Waals surface area (Å²) in [5, 5.41) is 10.2. The van der Waals surface area contributed by atoms with Crippen LogP contribution in [0.5, 0.6) is 0 Å². The molecule has 2 aliphatic rings. The van der Waals surface area contributed by atoms with E-state index in [9.17, 15) is 9.90 Å². The lowest BCUT2D eigenvalue weighted by atomic mass is 9.94. The molecular formula is C14H16ClNO2. The fraction of sp³-hybridized carbons (Fsp3) is 0.500. The lowest BCUT2D eigenvalue weighted by molar-refractivity contribution is -0.133. The van der Waals surface area contributed by atoms with Crippen LogP contribution < -0.4 is 0 Å². The molecule has 1 N–H and O–H groups in total. The van der Waals surface area contributed by atoms with Gasteiger partial charge in [-0.1, -0.05) is 23.7 Å². The van der Waals surface area contributed by atoms with E-state index in [-0.39, 0.29) is 17.4 Å². The highest BCUT2D eigenvalue weighted by atomic mass is 35.5. The quantitative estimate of drug-likeness (QED) is 0.888. The van der Waals surface area contributed by atoms with Crippen LogP contribution in [0, 0.1) is 0 Å². The fourth-order valence-corrected chi connectivity index (χ4v) is 2.96. The molecule has 0 aromatic heterocycles. The molecule has 4 heteroatoms. The van der Waals surface area contributed by atoms with Gasteiger partial charge in [0, 0.05) is 18.1 Å². The van der Waals surface area contributed by atoms with Crippen LogP contribution in [0.2, 0.25) is 5.02 Å². The lowest BCUT2D eigenvalue weighted by Gasteiger charge is -2.23. The van der Waals surface area contributed by atoms with E-state index in [1.807, 2.05) is 24.3 Å². The number of β-amino-alcohol motifs (C(OH)–C–C–N with tert-alkyl or cyclic N) is 1. The van der Waals surface area contributed by atoms with E-state index in [4.69, 9.17) is 11.6 Å². The SMILES string of the molecule is O=C(N1CC[C@@H](O)C1)C1(c2cccc(Cl)c2)CC1. The lowest BCUT2D eigenvalue weighted by Crippen LogP contribution is -2.38. The minimum absolute atomic E-state index is 0.154. The van der Waals surface area contributed by atoms with Gasteiger partial charge in [-0.3, -0.25) is 4.79 Å². The summed E-state index contributed by atoms with van der Waals surface area (Å²) in [6.07, 6.45) is 2.11. The predicted octanol–water partition coefficient (Wildman–Crippen LogP) is 1.96. The van der Waals surface area contributed by atoms with E-state index in [2.05, 4.69) is 0 Å². The number of nitrogens with zero attached hydrogens (tertiary/aromatic N) is 1. The van der Waals surface area contributed by atoms with Crippen molar-refractivity contribution in [3.05, 3.63) is 34.9 Å². The molecule has 1 heterocycles. The average molecular weight is 266 g/mol. The maximum Gasteiger partial charge on any atom is 0.233 e. The van der Waals surface area contributed by atoms with E-state index >= 15 is 0 Å².